The molecule has 2 aromatic rings. The fraction of sp³-hybridized carbons (Fsp3) is 0.200. The Morgan fingerprint density at radius 2 is 1.77 bits per heavy atom. The van der Waals surface area contributed by atoms with Crippen molar-refractivity contribution in [1.29, 1.82) is 0 Å². The molecule has 2 aliphatic rings. The van der Waals surface area contributed by atoms with Gasteiger partial charge in [-0.25, -0.2) is 0 Å². The van der Waals surface area contributed by atoms with E-state index >= 15 is 0 Å². The maximum atomic E-state index is 12.8. The van der Waals surface area contributed by atoms with Gasteiger partial charge in [-0.15, -0.1) is 0 Å². The second kappa shape index (κ2) is 7.55. The molecule has 0 unspecified atom stereocenters. The first-order valence-electron chi connectivity index (χ1n) is 8.50. The highest BCUT2D eigenvalue weighted by Gasteiger charge is 2.33. The van der Waals surface area contributed by atoms with Crippen LogP contribution in [-0.2, 0) is 4.79 Å². The summed E-state index contributed by atoms with van der Waals surface area (Å²) in [7, 11) is 0. The minimum Gasteiger partial charge on any atom is -0.372 e. The quantitative estimate of drug-likeness (QED) is 0.463. The van der Waals surface area contributed by atoms with Gasteiger partial charge in [-0.05, 0) is 54.8 Å². The number of thiocarbonyl (C=S) groups is 1. The Balaban J connectivity index is 1.56. The fourth-order valence-corrected chi connectivity index (χ4v) is 4.90. The van der Waals surface area contributed by atoms with E-state index in [1.54, 1.807) is 4.90 Å². The number of carbonyl (C=O) groups is 1. The van der Waals surface area contributed by atoms with Crippen LogP contribution < -0.4 is 9.80 Å². The molecule has 2 saturated heterocycles. The molecule has 2 aromatic carbocycles. The smallest absolute Gasteiger partial charge is 0.270 e. The molecule has 2 aliphatic heterocycles. The molecule has 2 heterocycles. The third-order valence-electron chi connectivity index (χ3n) is 4.52. The van der Waals surface area contributed by atoms with Gasteiger partial charge in [-0.2, -0.15) is 0 Å². The van der Waals surface area contributed by atoms with Gasteiger partial charge in [-0.1, -0.05) is 58.1 Å². The molecule has 0 radical (unpaired) electrons. The van der Waals surface area contributed by atoms with Gasteiger partial charge in [0.25, 0.3) is 5.91 Å². The highest BCUT2D eigenvalue weighted by atomic mass is 79.9. The molecule has 0 bridgehead atoms. The van der Waals surface area contributed by atoms with Crippen molar-refractivity contribution >= 4 is 67.6 Å². The number of amides is 1. The number of hydrogen-bond donors (Lipinski definition) is 0. The Bertz CT molecular complexity index is 889. The summed E-state index contributed by atoms with van der Waals surface area (Å²) < 4.78 is 1.48. The minimum atomic E-state index is -0.0679. The number of halogens is 1. The van der Waals surface area contributed by atoms with Crippen molar-refractivity contribution < 1.29 is 4.79 Å². The molecule has 0 spiro atoms. The Kier molecular flexibility index (Phi) is 5.16. The SMILES string of the molecule is O=C1/C(=C\c2ccc(N3CCCC3)cc2)SC(=S)N1c1cccc(Br)c1. The average molecular weight is 445 g/mol. The molecule has 0 atom stereocenters. The van der Waals surface area contributed by atoms with Crippen LogP contribution in [0.4, 0.5) is 11.4 Å². The van der Waals surface area contributed by atoms with Crippen LogP contribution in [0.3, 0.4) is 0 Å². The molecule has 6 heteroatoms. The minimum absolute atomic E-state index is 0.0679. The second-order valence-electron chi connectivity index (χ2n) is 6.28. The van der Waals surface area contributed by atoms with Gasteiger partial charge >= 0.3 is 0 Å². The number of benzene rings is 2. The summed E-state index contributed by atoms with van der Waals surface area (Å²) in [5.74, 6) is -0.0679. The Morgan fingerprint density at radius 1 is 1.04 bits per heavy atom. The lowest BCUT2D eigenvalue weighted by atomic mass is 10.1. The molecular weight excluding hydrogens is 428 g/mol. The maximum absolute atomic E-state index is 12.8. The van der Waals surface area contributed by atoms with Crippen molar-refractivity contribution in [3.05, 3.63) is 63.5 Å². The van der Waals surface area contributed by atoms with Gasteiger partial charge in [0.05, 0.1) is 10.6 Å². The number of thioether (sulfide) groups is 1. The normalized spacial score (nSPS) is 19.0. The first kappa shape index (κ1) is 17.8. The Labute approximate surface area is 171 Å². The van der Waals surface area contributed by atoms with E-state index in [0.717, 1.165) is 28.8 Å². The number of carbonyl (C=O) groups excluding carboxylic acids is 1. The van der Waals surface area contributed by atoms with Crippen molar-refractivity contribution in [2.45, 2.75) is 12.8 Å². The number of nitrogens with zero attached hydrogens (tertiary/aromatic N) is 2. The zero-order valence-corrected chi connectivity index (χ0v) is 17.2. The molecule has 3 nitrogen and oxygen atoms in total. The first-order chi connectivity index (χ1) is 12.6. The summed E-state index contributed by atoms with van der Waals surface area (Å²) in [5.41, 5.74) is 3.05. The van der Waals surface area contributed by atoms with Crippen LogP contribution in [0, 0.1) is 0 Å². The van der Waals surface area contributed by atoms with Crippen LogP contribution in [-0.4, -0.2) is 23.3 Å². The van der Waals surface area contributed by atoms with Crippen LogP contribution >= 0.6 is 39.9 Å². The molecule has 1 amide bonds. The van der Waals surface area contributed by atoms with Gasteiger partial charge < -0.3 is 4.90 Å². The number of rotatable bonds is 3. The van der Waals surface area contributed by atoms with Crippen LogP contribution in [0.25, 0.3) is 6.08 Å². The average Bonchev–Trinajstić information content (AvgIpc) is 3.25. The zero-order valence-electron chi connectivity index (χ0n) is 14.0. The molecule has 2 fully saturated rings. The second-order valence-corrected chi connectivity index (χ2v) is 8.87. The molecule has 0 aliphatic carbocycles. The third kappa shape index (κ3) is 3.59. The summed E-state index contributed by atoms with van der Waals surface area (Å²) >= 11 is 10.2. The molecular formula is C20H17BrN2OS2. The highest BCUT2D eigenvalue weighted by molar-refractivity contribution is 9.10. The molecule has 0 N–H and O–H groups in total. The van der Waals surface area contributed by atoms with Crippen LogP contribution in [0.1, 0.15) is 18.4 Å². The van der Waals surface area contributed by atoms with Crippen molar-refractivity contribution in [2.75, 3.05) is 22.9 Å². The van der Waals surface area contributed by atoms with E-state index in [1.807, 2.05) is 30.3 Å². The first-order valence-corrected chi connectivity index (χ1v) is 10.5. The van der Waals surface area contributed by atoms with Crippen LogP contribution in [0.15, 0.2) is 57.9 Å². The van der Waals surface area contributed by atoms with E-state index in [-0.39, 0.29) is 5.91 Å². The Hall–Kier alpha value is -1.63. The number of anilines is 2. The molecule has 26 heavy (non-hydrogen) atoms. The van der Waals surface area contributed by atoms with Gasteiger partial charge in [0, 0.05) is 23.2 Å². The van der Waals surface area contributed by atoms with Gasteiger partial charge in [-0.3, -0.25) is 9.69 Å². The monoisotopic (exact) mass is 444 g/mol. The zero-order chi connectivity index (χ0) is 18.1. The van der Waals surface area contributed by atoms with E-state index in [9.17, 15) is 4.79 Å². The summed E-state index contributed by atoms with van der Waals surface area (Å²) in [6.07, 6.45) is 4.45. The predicted octanol–water partition coefficient (Wildman–Crippen LogP) is 5.46. The van der Waals surface area contributed by atoms with E-state index in [1.165, 1.54) is 30.3 Å². The fourth-order valence-electron chi connectivity index (χ4n) is 3.21. The van der Waals surface area contributed by atoms with Crippen molar-refractivity contribution in [3.63, 3.8) is 0 Å². The van der Waals surface area contributed by atoms with E-state index < -0.39 is 0 Å². The summed E-state index contributed by atoms with van der Waals surface area (Å²) in [5, 5.41) is 0. The predicted molar refractivity (Wildman–Crippen MR) is 118 cm³/mol. The van der Waals surface area contributed by atoms with Crippen molar-refractivity contribution in [1.82, 2.24) is 0 Å². The standard InChI is InChI=1S/C20H17BrN2OS2/c21-15-4-3-5-17(13-15)23-19(24)18(26-20(23)25)12-14-6-8-16(9-7-14)22-10-1-2-11-22/h3-9,12-13H,1-2,10-11H2/b18-12+. The van der Waals surface area contributed by atoms with E-state index in [4.69, 9.17) is 12.2 Å². The molecule has 0 saturated carbocycles. The summed E-state index contributed by atoms with van der Waals surface area (Å²) in [6, 6.07) is 16.0. The highest BCUT2D eigenvalue weighted by Crippen LogP contribution is 2.36. The topological polar surface area (TPSA) is 23.6 Å². The van der Waals surface area contributed by atoms with Crippen molar-refractivity contribution in [3.8, 4) is 0 Å². The lowest BCUT2D eigenvalue weighted by Gasteiger charge is -2.17. The largest absolute Gasteiger partial charge is 0.372 e. The Morgan fingerprint density at radius 3 is 2.46 bits per heavy atom. The lowest BCUT2D eigenvalue weighted by Crippen LogP contribution is -2.27. The van der Waals surface area contributed by atoms with Crippen LogP contribution in [0.5, 0.6) is 0 Å². The molecule has 132 valence electrons. The van der Waals surface area contributed by atoms with E-state index in [0.29, 0.717) is 9.23 Å². The third-order valence-corrected chi connectivity index (χ3v) is 6.32. The summed E-state index contributed by atoms with van der Waals surface area (Å²) in [4.78, 5) is 17.5. The van der Waals surface area contributed by atoms with Gasteiger partial charge in [0.15, 0.2) is 4.32 Å². The molecule has 0 aromatic heterocycles. The van der Waals surface area contributed by atoms with Gasteiger partial charge in [0.1, 0.15) is 0 Å². The van der Waals surface area contributed by atoms with Crippen molar-refractivity contribution in [2.24, 2.45) is 0 Å². The summed E-state index contributed by atoms with van der Waals surface area (Å²) in [6.45, 7) is 2.26. The maximum Gasteiger partial charge on any atom is 0.270 e. The lowest BCUT2D eigenvalue weighted by molar-refractivity contribution is -0.113. The van der Waals surface area contributed by atoms with Gasteiger partial charge in [0.2, 0.25) is 0 Å². The molecule has 4 rings (SSSR count). The van der Waals surface area contributed by atoms with Crippen LogP contribution in [0.2, 0.25) is 0 Å². The van der Waals surface area contributed by atoms with E-state index in [2.05, 4.69) is 45.1 Å². The number of hydrogen-bond acceptors (Lipinski definition) is 4.